The zero-order chi connectivity index (χ0) is 20.3. The van der Waals surface area contributed by atoms with Gasteiger partial charge >= 0.3 is 6.18 Å². The van der Waals surface area contributed by atoms with Crippen LogP contribution in [0, 0.1) is 0 Å². The molecule has 1 amide bonds. The summed E-state index contributed by atoms with van der Waals surface area (Å²) in [5, 5.41) is 7.53. The van der Waals surface area contributed by atoms with Gasteiger partial charge in [-0.3, -0.25) is 4.79 Å². The van der Waals surface area contributed by atoms with Crippen LogP contribution in [0.1, 0.15) is 35.0 Å². The summed E-state index contributed by atoms with van der Waals surface area (Å²) >= 11 is 5.92. The lowest BCUT2D eigenvalue weighted by Crippen LogP contribution is -2.15. The average molecular weight is 408 g/mol. The Balaban J connectivity index is 1.86. The first-order valence-electron chi connectivity index (χ1n) is 8.61. The molecule has 0 unspecified atom stereocenters. The summed E-state index contributed by atoms with van der Waals surface area (Å²) < 4.78 is 39.7. The van der Waals surface area contributed by atoms with Crippen LogP contribution >= 0.6 is 11.6 Å². The highest BCUT2D eigenvalue weighted by Crippen LogP contribution is 2.30. The van der Waals surface area contributed by atoms with Gasteiger partial charge in [0.1, 0.15) is 0 Å². The number of nitrogens with zero attached hydrogens (tertiary/aromatic N) is 2. The smallest absolute Gasteiger partial charge is 0.322 e. The summed E-state index contributed by atoms with van der Waals surface area (Å²) in [7, 11) is 0. The van der Waals surface area contributed by atoms with E-state index in [0.29, 0.717) is 22.7 Å². The van der Waals surface area contributed by atoms with E-state index in [0.717, 1.165) is 24.2 Å². The van der Waals surface area contributed by atoms with Crippen LogP contribution in [0.25, 0.3) is 5.69 Å². The molecule has 4 nitrogen and oxygen atoms in total. The molecule has 0 saturated heterocycles. The van der Waals surface area contributed by atoms with Crippen LogP contribution in [0.4, 0.5) is 18.9 Å². The lowest BCUT2D eigenvalue weighted by atomic mass is 10.1. The minimum absolute atomic E-state index is 0.277. The predicted octanol–water partition coefficient (Wildman–Crippen LogP) is 5.75. The van der Waals surface area contributed by atoms with Crippen molar-refractivity contribution in [2.75, 3.05) is 5.32 Å². The first-order chi connectivity index (χ1) is 13.3. The second kappa shape index (κ2) is 8.06. The number of carbonyl (C=O) groups excluding carboxylic acids is 1. The zero-order valence-corrected chi connectivity index (χ0v) is 15.7. The Labute approximate surface area is 164 Å². The Hall–Kier alpha value is -2.80. The molecule has 0 aliphatic rings. The molecule has 28 heavy (non-hydrogen) atoms. The molecule has 0 saturated carbocycles. The van der Waals surface area contributed by atoms with E-state index in [-0.39, 0.29) is 5.69 Å². The molecule has 3 aromatic rings. The summed E-state index contributed by atoms with van der Waals surface area (Å²) in [6, 6.07) is 11.4. The van der Waals surface area contributed by atoms with Gasteiger partial charge in [-0.2, -0.15) is 18.3 Å². The number of aromatic nitrogens is 2. The highest BCUT2D eigenvalue weighted by Gasteiger charge is 2.30. The molecule has 0 bridgehead atoms. The molecular formula is C20H17ClF3N3O. The van der Waals surface area contributed by atoms with Gasteiger partial charge in [0.05, 0.1) is 28.7 Å². The van der Waals surface area contributed by atoms with Crippen molar-refractivity contribution in [1.82, 2.24) is 9.78 Å². The number of anilines is 1. The van der Waals surface area contributed by atoms with E-state index >= 15 is 0 Å². The molecule has 0 aliphatic carbocycles. The van der Waals surface area contributed by atoms with Crippen molar-refractivity contribution in [3.05, 3.63) is 76.6 Å². The van der Waals surface area contributed by atoms with Gasteiger partial charge in [-0.1, -0.05) is 24.9 Å². The number of benzene rings is 2. The van der Waals surface area contributed by atoms with E-state index in [1.165, 1.54) is 18.3 Å². The summed E-state index contributed by atoms with van der Waals surface area (Å²) in [6.45, 7) is 1.98. The fourth-order valence-corrected chi connectivity index (χ4v) is 2.91. The van der Waals surface area contributed by atoms with Crippen molar-refractivity contribution in [2.45, 2.75) is 25.9 Å². The van der Waals surface area contributed by atoms with E-state index in [9.17, 15) is 18.0 Å². The second-order valence-corrected chi connectivity index (χ2v) is 6.61. The monoisotopic (exact) mass is 407 g/mol. The van der Waals surface area contributed by atoms with Crippen LogP contribution in [0.2, 0.25) is 5.02 Å². The number of hydrogen-bond donors (Lipinski definition) is 1. The number of hydrogen-bond acceptors (Lipinski definition) is 2. The fraction of sp³-hybridized carbons (Fsp3) is 0.200. The van der Waals surface area contributed by atoms with Crippen LogP contribution in [-0.4, -0.2) is 15.7 Å². The molecule has 3 rings (SSSR count). The summed E-state index contributed by atoms with van der Waals surface area (Å²) in [4.78, 5) is 12.7. The third-order valence-electron chi connectivity index (χ3n) is 4.14. The maximum atomic E-state index is 12.7. The van der Waals surface area contributed by atoms with E-state index < -0.39 is 17.6 Å². The Morgan fingerprint density at radius 3 is 2.32 bits per heavy atom. The second-order valence-electron chi connectivity index (χ2n) is 6.17. The molecule has 0 radical (unpaired) electrons. The van der Waals surface area contributed by atoms with Crippen molar-refractivity contribution >= 4 is 23.2 Å². The summed E-state index contributed by atoms with van der Waals surface area (Å²) in [5.74, 6) is -0.427. The molecule has 0 aliphatic heterocycles. The van der Waals surface area contributed by atoms with Crippen LogP contribution < -0.4 is 5.32 Å². The number of amides is 1. The molecule has 0 atom stereocenters. The first-order valence-corrected chi connectivity index (χ1v) is 8.99. The Bertz CT molecular complexity index is 964. The van der Waals surface area contributed by atoms with Gasteiger partial charge in [-0.05, 0) is 55.0 Å². The highest BCUT2D eigenvalue weighted by atomic mass is 35.5. The van der Waals surface area contributed by atoms with Gasteiger partial charge in [0.2, 0.25) is 0 Å². The molecule has 2 aromatic carbocycles. The lowest BCUT2D eigenvalue weighted by Gasteiger charge is -2.11. The predicted molar refractivity (Wildman–Crippen MR) is 102 cm³/mol. The maximum absolute atomic E-state index is 12.7. The maximum Gasteiger partial charge on any atom is 0.416 e. The van der Waals surface area contributed by atoms with Gasteiger partial charge in [0, 0.05) is 10.7 Å². The van der Waals surface area contributed by atoms with Crippen molar-refractivity contribution in [1.29, 1.82) is 0 Å². The molecule has 1 aromatic heterocycles. The average Bonchev–Trinajstić information content (AvgIpc) is 3.06. The number of carbonyl (C=O) groups is 1. The minimum atomic E-state index is -4.42. The van der Waals surface area contributed by atoms with Crippen LogP contribution in [0.15, 0.2) is 54.7 Å². The zero-order valence-electron chi connectivity index (χ0n) is 14.9. The van der Waals surface area contributed by atoms with Gasteiger partial charge in [0.15, 0.2) is 0 Å². The van der Waals surface area contributed by atoms with Gasteiger partial charge in [-0.25, -0.2) is 4.68 Å². The van der Waals surface area contributed by atoms with Crippen molar-refractivity contribution in [3.63, 3.8) is 0 Å². The third-order valence-corrected chi connectivity index (χ3v) is 4.39. The molecule has 0 spiro atoms. The van der Waals surface area contributed by atoms with E-state index in [1.807, 2.05) is 6.92 Å². The Morgan fingerprint density at radius 2 is 1.75 bits per heavy atom. The molecule has 1 N–H and O–H groups in total. The Kier molecular flexibility index (Phi) is 5.74. The summed E-state index contributed by atoms with van der Waals surface area (Å²) in [6.07, 6.45) is -1.56. The minimum Gasteiger partial charge on any atom is -0.322 e. The standard InChI is InChI=1S/C20H17ClF3N3O/c1-2-3-18-17(12-25-27(18)16-10-6-14(21)7-11-16)19(28)26-15-8-4-13(5-9-15)20(22,23)24/h4-12H,2-3H2,1H3,(H,26,28). The highest BCUT2D eigenvalue weighted by molar-refractivity contribution is 6.30. The summed E-state index contributed by atoms with van der Waals surface area (Å²) in [5.41, 5.74) is 1.36. The van der Waals surface area contributed by atoms with Crippen molar-refractivity contribution in [2.24, 2.45) is 0 Å². The number of alkyl halides is 3. The van der Waals surface area contributed by atoms with Gasteiger partial charge in [-0.15, -0.1) is 0 Å². The van der Waals surface area contributed by atoms with Crippen molar-refractivity contribution < 1.29 is 18.0 Å². The normalized spacial score (nSPS) is 11.5. The number of halogens is 4. The number of nitrogens with one attached hydrogen (secondary N) is 1. The topological polar surface area (TPSA) is 46.9 Å². The quantitative estimate of drug-likeness (QED) is 0.585. The fourth-order valence-electron chi connectivity index (χ4n) is 2.79. The SMILES string of the molecule is CCCc1c(C(=O)Nc2ccc(C(F)(F)F)cc2)cnn1-c1ccc(Cl)cc1. The molecule has 146 valence electrons. The Morgan fingerprint density at radius 1 is 1.11 bits per heavy atom. The first kappa shape index (κ1) is 19.9. The largest absolute Gasteiger partial charge is 0.416 e. The number of rotatable bonds is 5. The van der Waals surface area contributed by atoms with E-state index in [1.54, 1.807) is 28.9 Å². The van der Waals surface area contributed by atoms with E-state index in [2.05, 4.69) is 10.4 Å². The lowest BCUT2D eigenvalue weighted by molar-refractivity contribution is -0.137. The van der Waals surface area contributed by atoms with Crippen LogP contribution in [-0.2, 0) is 12.6 Å². The van der Waals surface area contributed by atoms with Crippen LogP contribution in [0.5, 0.6) is 0 Å². The molecule has 1 heterocycles. The van der Waals surface area contributed by atoms with Gasteiger partial charge < -0.3 is 5.32 Å². The van der Waals surface area contributed by atoms with E-state index in [4.69, 9.17) is 11.6 Å². The molecular weight excluding hydrogens is 391 g/mol. The van der Waals surface area contributed by atoms with Crippen molar-refractivity contribution in [3.8, 4) is 5.69 Å². The third kappa shape index (κ3) is 4.36. The molecule has 8 heteroatoms. The van der Waals surface area contributed by atoms with Gasteiger partial charge in [0.25, 0.3) is 5.91 Å². The molecule has 0 fully saturated rings. The van der Waals surface area contributed by atoms with Crippen LogP contribution in [0.3, 0.4) is 0 Å².